The molecular weight excluding hydrogens is 190 g/mol. The van der Waals surface area contributed by atoms with Crippen molar-refractivity contribution in [2.45, 2.75) is 26.2 Å². The Balaban J connectivity index is 2.07. The largest absolute Gasteiger partial charge is 0.306 e. The lowest BCUT2D eigenvalue weighted by molar-refractivity contribution is -0.136. The topological polar surface area (TPSA) is 37.4 Å². The number of nitrogens with zero attached hydrogens (tertiary/aromatic N) is 1. The fourth-order valence-electron chi connectivity index (χ4n) is 3.03. The highest BCUT2D eigenvalue weighted by Gasteiger charge is 2.39. The molecule has 15 heavy (non-hydrogen) atoms. The van der Waals surface area contributed by atoms with E-state index in [-0.39, 0.29) is 17.5 Å². The van der Waals surface area contributed by atoms with Crippen LogP contribution < -0.4 is 0 Å². The fraction of sp³-hybridized carbons (Fsp3) is 0.833. The molecule has 2 fully saturated rings. The van der Waals surface area contributed by atoms with Gasteiger partial charge in [0, 0.05) is 13.0 Å². The summed E-state index contributed by atoms with van der Waals surface area (Å²) in [5.74, 6) is 1.07. The van der Waals surface area contributed by atoms with E-state index in [0.717, 1.165) is 25.9 Å². The summed E-state index contributed by atoms with van der Waals surface area (Å²) in [5.41, 5.74) is 0. The third-order valence-corrected chi connectivity index (χ3v) is 3.98. The van der Waals surface area contributed by atoms with Crippen molar-refractivity contribution < 1.29 is 9.59 Å². The minimum atomic E-state index is -0.294. The number of hydrogen-bond donors (Lipinski definition) is 0. The van der Waals surface area contributed by atoms with Crippen LogP contribution in [0, 0.1) is 17.8 Å². The van der Waals surface area contributed by atoms with Crippen molar-refractivity contribution in [2.24, 2.45) is 17.8 Å². The molecular formula is C12H19NO2. The van der Waals surface area contributed by atoms with Crippen LogP contribution >= 0.6 is 0 Å². The van der Waals surface area contributed by atoms with Gasteiger partial charge in [-0.05, 0) is 45.2 Å². The zero-order valence-electron chi connectivity index (χ0n) is 9.53. The molecule has 0 aromatic carbocycles. The Hall–Kier alpha value is -0.700. The Morgan fingerprint density at radius 2 is 2.13 bits per heavy atom. The number of fused-ring (bicyclic) bond motifs is 1. The van der Waals surface area contributed by atoms with Gasteiger partial charge in [-0.25, -0.2) is 0 Å². The molecule has 0 bridgehead atoms. The molecule has 2 aliphatic rings. The Kier molecular flexibility index (Phi) is 2.91. The molecule has 2 rings (SSSR count). The number of likely N-dealkylation sites (tertiary alicyclic amines) is 1. The molecule has 1 unspecified atom stereocenters. The van der Waals surface area contributed by atoms with Gasteiger partial charge in [-0.1, -0.05) is 0 Å². The first-order valence-electron chi connectivity index (χ1n) is 5.79. The molecule has 1 saturated carbocycles. The van der Waals surface area contributed by atoms with Gasteiger partial charge < -0.3 is 4.90 Å². The van der Waals surface area contributed by atoms with Crippen molar-refractivity contribution in [3.8, 4) is 0 Å². The van der Waals surface area contributed by atoms with Crippen molar-refractivity contribution in [3.63, 3.8) is 0 Å². The van der Waals surface area contributed by atoms with E-state index in [1.54, 1.807) is 6.92 Å². The highest BCUT2D eigenvalue weighted by molar-refractivity contribution is 6.01. The predicted octanol–water partition coefficient (Wildman–Crippen LogP) is 1.12. The molecule has 3 heteroatoms. The summed E-state index contributed by atoms with van der Waals surface area (Å²) in [5, 5.41) is 0. The molecule has 1 aliphatic heterocycles. The van der Waals surface area contributed by atoms with E-state index in [2.05, 4.69) is 11.9 Å². The van der Waals surface area contributed by atoms with Crippen LogP contribution in [-0.2, 0) is 9.59 Å². The van der Waals surface area contributed by atoms with Gasteiger partial charge in [0.25, 0.3) is 0 Å². The SMILES string of the molecule is CC(=O)C1C[C@@H]2CN(C)CC[C@H]2CC1=O. The molecule has 0 N–H and O–H groups in total. The maximum atomic E-state index is 11.7. The molecule has 0 aromatic rings. The number of piperidine rings is 1. The van der Waals surface area contributed by atoms with Gasteiger partial charge in [0.15, 0.2) is 0 Å². The zero-order valence-corrected chi connectivity index (χ0v) is 9.53. The van der Waals surface area contributed by atoms with Gasteiger partial charge >= 0.3 is 0 Å². The minimum Gasteiger partial charge on any atom is -0.306 e. The van der Waals surface area contributed by atoms with Crippen LogP contribution in [0.1, 0.15) is 26.2 Å². The van der Waals surface area contributed by atoms with Crippen LogP contribution in [0.4, 0.5) is 0 Å². The maximum Gasteiger partial charge on any atom is 0.143 e. The summed E-state index contributed by atoms with van der Waals surface area (Å²) < 4.78 is 0. The van der Waals surface area contributed by atoms with Gasteiger partial charge in [-0.3, -0.25) is 9.59 Å². The average molecular weight is 209 g/mol. The minimum absolute atomic E-state index is 0.0617. The van der Waals surface area contributed by atoms with Crippen LogP contribution in [0.25, 0.3) is 0 Å². The van der Waals surface area contributed by atoms with E-state index in [4.69, 9.17) is 0 Å². The van der Waals surface area contributed by atoms with E-state index < -0.39 is 0 Å². The maximum absolute atomic E-state index is 11.7. The van der Waals surface area contributed by atoms with E-state index in [9.17, 15) is 9.59 Å². The quantitative estimate of drug-likeness (QED) is 0.607. The lowest BCUT2D eigenvalue weighted by atomic mass is 9.69. The second kappa shape index (κ2) is 4.05. The lowest BCUT2D eigenvalue weighted by Crippen LogP contribution is -2.45. The van der Waals surface area contributed by atoms with Crippen molar-refractivity contribution in [2.75, 3.05) is 20.1 Å². The Morgan fingerprint density at radius 3 is 2.80 bits per heavy atom. The van der Waals surface area contributed by atoms with E-state index in [0.29, 0.717) is 18.3 Å². The summed E-state index contributed by atoms with van der Waals surface area (Å²) in [6.07, 6.45) is 2.56. The molecule has 0 aromatic heterocycles. The van der Waals surface area contributed by atoms with Crippen molar-refractivity contribution in [1.82, 2.24) is 4.90 Å². The average Bonchev–Trinajstić information content (AvgIpc) is 2.17. The smallest absolute Gasteiger partial charge is 0.143 e. The number of Topliss-reactive ketones (excluding diaryl/α,β-unsaturated/α-hetero) is 2. The summed E-state index contributed by atoms with van der Waals surface area (Å²) in [7, 11) is 2.12. The van der Waals surface area contributed by atoms with Gasteiger partial charge in [0.2, 0.25) is 0 Å². The predicted molar refractivity (Wildman–Crippen MR) is 57.5 cm³/mol. The molecule has 84 valence electrons. The molecule has 3 nitrogen and oxygen atoms in total. The monoisotopic (exact) mass is 209 g/mol. The van der Waals surface area contributed by atoms with E-state index in [1.165, 1.54) is 0 Å². The molecule has 3 atom stereocenters. The normalized spacial score (nSPS) is 37.5. The van der Waals surface area contributed by atoms with Gasteiger partial charge in [0.1, 0.15) is 11.6 Å². The highest BCUT2D eigenvalue weighted by Crippen LogP contribution is 2.37. The first-order chi connectivity index (χ1) is 7.08. The first kappa shape index (κ1) is 10.8. The molecule has 0 amide bonds. The highest BCUT2D eigenvalue weighted by atomic mass is 16.1. The second-order valence-corrected chi connectivity index (χ2v) is 5.14. The molecule has 1 saturated heterocycles. The van der Waals surface area contributed by atoms with E-state index in [1.807, 2.05) is 0 Å². The second-order valence-electron chi connectivity index (χ2n) is 5.14. The molecule has 0 spiro atoms. The molecule has 0 radical (unpaired) electrons. The van der Waals surface area contributed by atoms with Crippen molar-refractivity contribution >= 4 is 11.6 Å². The van der Waals surface area contributed by atoms with Gasteiger partial charge in [-0.15, -0.1) is 0 Å². The molecule has 1 aliphatic carbocycles. The summed E-state index contributed by atoms with van der Waals surface area (Å²) in [6, 6.07) is 0. The standard InChI is InChI=1S/C12H19NO2/c1-8(14)11-5-10-7-13(2)4-3-9(10)6-12(11)15/h9-11H,3-7H2,1-2H3/t9-,10+,11?/m0/s1. The Morgan fingerprint density at radius 1 is 1.40 bits per heavy atom. The number of carbonyl (C=O) groups is 2. The van der Waals surface area contributed by atoms with Crippen LogP contribution in [0.5, 0.6) is 0 Å². The number of carbonyl (C=O) groups excluding carboxylic acids is 2. The number of rotatable bonds is 1. The third kappa shape index (κ3) is 2.12. The van der Waals surface area contributed by atoms with Gasteiger partial charge in [-0.2, -0.15) is 0 Å². The van der Waals surface area contributed by atoms with Crippen LogP contribution in [0.15, 0.2) is 0 Å². The zero-order chi connectivity index (χ0) is 11.0. The summed E-state index contributed by atoms with van der Waals surface area (Å²) >= 11 is 0. The van der Waals surface area contributed by atoms with Crippen LogP contribution in [0.3, 0.4) is 0 Å². The molecule has 1 heterocycles. The van der Waals surface area contributed by atoms with Gasteiger partial charge in [0.05, 0.1) is 5.92 Å². The van der Waals surface area contributed by atoms with E-state index >= 15 is 0 Å². The van der Waals surface area contributed by atoms with Crippen LogP contribution in [-0.4, -0.2) is 36.6 Å². The first-order valence-corrected chi connectivity index (χ1v) is 5.79. The Labute approximate surface area is 90.8 Å². The van der Waals surface area contributed by atoms with Crippen molar-refractivity contribution in [3.05, 3.63) is 0 Å². The van der Waals surface area contributed by atoms with Crippen LogP contribution in [0.2, 0.25) is 0 Å². The number of ketones is 2. The fourth-order valence-corrected chi connectivity index (χ4v) is 3.03. The lowest BCUT2D eigenvalue weighted by Gasteiger charge is -2.41. The number of hydrogen-bond acceptors (Lipinski definition) is 3. The Bertz CT molecular complexity index is 287. The summed E-state index contributed by atoms with van der Waals surface area (Å²) in [4.78, 5) is 25.4. The summed E-state index contributed by atoms with van der Waals surface area (Å²) in [6.45, 7) is 3.70. The third-order valence-electron chi connectivity index (χ3n) is 3.98. The van der Waals surface area contributed by atoms with Crippen molar-refractivity contribution in [1.29, 1.82) is 0 Å².